The first-order chi connectivity index (χ1) is 14.0. The number of hydrogen-bond donors (Lipinski definition) is 1. The van der Waals surface area contributed by atoms with E-state index in [-0.39, 0.29) is 10.8 Å². The maximum absolute atomic E-state index is 12.6. The molecule has 7 nitrogen and oxygen atoms in total. The van der Waals surface area contributed by atoms with Crippen molar-refractivity contribution in [2.24, 2.45) is 0 Å². The van der Waals surface area contributed by atoms with Gasteiger partial charge in [-0.2, -0.15) is 4.31 Å². The van der Waals surface area contributed by atoms with Crippen molar-refractivity contribution in [3.63, 3.8) is 0 Å². The Labute approximate surface area is 171 Å². The van der Waals surface area contributed by atoms with E-state index in [1.54, 1.807) is 19.2 Å². The fraction of sp³-hybridized carbons (Fsp3) is 0.381. The van der Waals surface area contributed by atoms with E-state index in [0.717, 1.165) is 24.2 Å². The summed E-state index contributed by atoms with van der Waals surface area (Å²) in [6, 6.07) is 13.9. The van der Waals surface area contributed by atoms with E-state index in [0.29, 0.717) is 38.4 Å². The molecule has 0 spiro atoms. The Morgan fingerprint density at radius 1 is 1.10 bits per heavy atom. The van der Waals surface area contributed by atoms with E-state index in [1.807, 2.05) is 24.3 Å². The Kier molecular flexibility index (Phi) is 7.24. The van der Waals surface area contributed by atoms with Crippen LogP contribution in [0.2, 0.25) is 0 Å². The molecule has 1 N–H and O–H groups in total. The van der Waals surface area contributed by atoms with Crippen LogP contribution < -0.4 is 10.1 Å². The van der Waals surface area contributed by atoms with Gasteiger partial charge in [0, 0.05) is 25.2 Å². The summed E-state index contributed by atoms with van der Waals surface area (Å²) in [7, 11) is -1.91. The standard InChI is InChI=1S/C21H26N2O5S/c1-27-20-7-3-2-5-17(20)6-4-12-22-21(24)18-8-10-19(11-9-18)29(25,26)23-13-15-28-16-14-23/h2-3,5,7-11H,4,6,12-16H2,1H3,(H,22,24). The van der Waals surface area contributed by atoms with Gasteiger partial charge in [-0.3, -0.25) is 4.79 Å². The molecule has 1 amide bonds. The average Bonchev–Trinajstić information content (AvgIpc) is 2.77. The third-order valence-electron chi connectivity index (χ3n) is 4.83. The predicted molar refractivity (Wildman–Crippen MR) is 110 cm³/mol. The Morgan fingerprint density at radius 3 is 2.48 bits per heavy atom. The van der Waals surface area contributed by atoms with Gasteiger partial charge in [0.2, 0.25) is 10.0 Å². The number of nitrogens with one attached hydrogen (secondary N) is 1. The Balaban J connectivity index is 1.52. The molecule has 2 aromatic rings. The monoisotopic (exact) mass is 418 g/mol. The van der Waals surface area contributed by atoms with Gasteiger partial charge < -0.3 is 14.8 Å². The van der Waals surface area contributed by atoms with Crippen molar-refractivity contribution >= 4 is 15.9 Å². The summed E-state index contributed by atoms with van der Waals surface area (Å²) in [6.07, 6.45) is 1.57. The first-order valence-electron chi connectivity index (χ1n) is 9.60. The van der Waals surface area contributed by atoms with E-state index in [4.69, 9.17) is 9.47 Å². The SMILES string of the molecule is COc1ccccc1CCCNC(=O)c1ccc(S(=O)(=O)N2CCOCC2)cc1. The van der Waals surface area contributed by atoms with Crippen molar-refractivity contribution in [1.82, 2.24) is 9.62 Å². The summed E-state index contributed by atoms with van der Waals surface area (Å²) < 4.78 is 37.2. The maximum Gasteiger partial charge on any atom is 0.251 e. The van der Waals surface area contributed by atoms with Crippen molar-refractivity contribution in [2.45, 2.75) is 17.7 Å². The number of amides is 1. The Hall–Kier alpha value is -2.42. The van der Waals surface area contributed by atoms with E-state index < -0.39 is 10.0 Å². The molecule has 0 bridgehead atoms. The van der Waals surface area contributed by atoms with Crippen molar-refractivity contribution in [3.05, 3.63) is 59.7 Å². The second kappa shape index (κ2) is 9.87. The Morgan fingerprint density at radius 2 is 1.79 bits per heavy atom. The third kappa shape index (κ3) is 5.35. The zero-order chi connectivity index (χ0) is 20.7. The lowest BCUT2D eigenvalue weighted by atomic mass is 10.1. The number of para-hydroxylation sites is 1. The highest BCUT2D eigenvalue weighted by molar-refractivity contribution is 7.89. The van der Waals surface area contributed by atoms with Gasteiger partial charge in [0.25, 0.3) is 5.91 Å². The van der Waals surface area contributed by atoms with Gasteiger partial charge in [-0.1, -0.05) is 18.2 Å². The average molecular weight is 419 g/mol. The number of sulfonamides is 1. The van der Waals surface area contributed by atoms with Crippen LogP contribution in [-0.4, -0.2) is 58.6 Å². The lowest BCUT2D eigenvalue weighted by Crippen LogP contribution is -2.40. The number of hydrogen-bond acceptors (Lipinski definition) is 5. The van der Waals surface area contributed by atoms with Gasteiger partial charge >= 0.3 is 0 Å². The van der Waals surface area contributed by atoms with Crippen molar-refractivity contribution in [2.75, 3.05) is 40.0 Å². The molecular formula is C21H26N2O5S. The minimum absolute atomic E-state index is 0.187. The van der Waals surface area contributed by atoms with Crippen LogP contribution in [0.25, 0.3) is 0 Å². The van der Waals surface area contributed by atoms with Crippen molar-refractivity contribution < 1.29 is 22.7 Å². The minimum Gasteiger partial charge on any atom is -0.496 e. The van der Waals surface area contributed by atoms with Gasteiger partial charge in [-0.15, -0.1) is 0 Å². The molecule has 0 radical (unpaired) electrons. The molecule has 1 saturated heterocycles. The van der Waals surface area contributed by atoms with Crippen molar-refractivity contribution in [1.29, 1.82) is 0 Å². The topological polar surface area (TPSA) is 84.9 Å². The fourth-order valence-electron chi connectivity index (χ4n) is 3.21. The summed E-state index contributed by atoms with van der Waals surface area (Å²) in [5, 5.41) is 2.87. The molecule has 0 aliphatic carbocycles. The second-order valence-electron chi connectivity index (χ2n) is 6.71. The molecule has 156 valence electrons. The van der Waals surface area contributed by atoms with Gasteiger partial charge in [0.1, 0.15) is 5.75 Å². The molecule has 0 atom stereocenters. The fourth-order valence-corrected chi connectivity index (χ4v) is 4.61. The second-order valence-corrected chi connectivity index (χ2v) is 8.65. The van der Waals surface area contributed by atoms with Gasteiger partial charge in [0.15, 0.2) is 0 Å². The van der Waals surface area contributed by atoms with Crippen LogP contribution in [0.1, 0.15) is 22.3 Å². The number of carbonyl (C=O) groups excluding carboxylic acids is 1. The number of carbonyl (C=O) groups is 1. The highest BCUT2D eigenvalue weighted by atomic mass is 32.2. The molecule has 8 heteroatoms. The quantitative estimate of drug-likeness (QED) is 0.664. The molecule has 0 saturated carbocycles. The van der Waals surface area contributed by atoms with Crippen LogP contribution in [0.4, 0.5) is 0 Å². The minimum atomic E-state index is -3.55. The Bertz CT molecular complexity index is 922. The molecule has 29 heavy (non-hydrogen) atoms. The molecule has 1 fully saturated rings. The zero-order valence-corrected chi connectivity index (χ0v) is 17.3. The van der Waals surface area contributed by atoms with E-state index >= 15 is 0 Å². The van der Waals surface area contributed by atoms with E-state index in [9.17, 15) is 13.2 Å². The largest absolute Gasteiger partial charge is 0.496 e. The molecular weight excluding hydrogens is 392 g/mol. The first-order valence-corrected chi connectivity index (χ1v) is 11.0. The van der Waals surface area contributed by atoms with Gasteiger partial charge in [-0.25, -0.2) is 8.42 Å². The van der Waals surface area contributed by atoms with Gasteiger partial charge in [-0.05, 0) is 48.7 Å². The van der Waals surface area contributed by atoms with Crippen LogP contribution in [0.5, 0.6) is 5.75 Å². The number of benzene rings is 2. The maximum atomic E-state index is 12.6. The van der Waals surface area contributed by atoms with Crippen LogP contribution >= 0.6 is 0 Å². The highest BCUT2D eigenvalue weighted by Crippen LogP contribution is 2.19. The number of ether oxygens (including phenoxy) is 2. The molecule has 0 aromatic heterocycles. The summed E-state index contributed by atoms with van der Waals surface area (Å²) >= 11 is 0. The molecule has 1 aliphatic rings. The summed E-state index contributed by atoms with van der Waals surface area (Å²) in [5.41, 5.74) is 1.53. The highest BCUT2D eigenvalue weighted by Gasteiger charge is 2.26. The molecule has 0 unspecified atom stereocenters. The zero-order valence-electron chi connectivity index (χ0n) is 16.5. The first kappa shape index (κ1) is 21.3. The van der Waals surface area contributed by atoms with Crippen LogP contribution in [0.15, 0.2) is 53.4 Å². The summed E-state index contributed by atoms with van der Waals surface area (Å²) in [6.45, 7) is 2.00. The number of nitrogens with zero attached hydrogens (tertiary/aromatic N) is 1. The third-order valence-corrected chi connectivity index (χ3v) is 6.74. The van der Waals surface area contributed by atoms with Crippen molar-refractivity contribution in [3.8, 4) is 5.75 Å². The van der Waals surface area contributed by atoms with Crippen LogP contribution in [-0.2, 0) is 21.2 Å². The molecule has 1 aliphatic heterocycles. The van der Waals surface area contributed by atoms with Crippen LogP contribution in [0.3, 0.4) is 0 Å². The smallest absolute Gasteiger partial charge is 0.251 e. The molecule has 2 aromatic carbocycles. The molecule has 1 heterocycles. The lowest BCUT2D eigenvalue weighted by molar-refractivity contribution is 0.0730. The van der Waals surface area contributed by atoms with Crippen LogP contribution in [0, 0.1) is 0 Å². The predicted octanol–water partition coefficient (Wildman–Crippen LogP) is 2.08. The van der Waals surface area contributed by atoms with E-state index in [1.165, 1.54) is 16.4 Å². The van der Waals surface area contributed by atoms with Gasteiger partial charge in [0.05, 0.1) is 25.2 Å². The number of rotatable bonds is 8. The summed E-state index contributed by atoms with van der Waals surface area (Å²) in [4.78, 5) is 12.5. The molecule has 3 rings (SSSR count). The number of morpholine rings is 1. The lowest BCUT2D eigenvalue weighted by Gasteiger charge is -2.26. The summed E-state index contributed by atoms with van der Waals surface area (Å²) in [5.74, 6) is 0.622. The number of aryl methyl sites for hydroxylation is 1. The number of methoxy groups -OCH3 is 1. The normalized spacial score (nSPS) is 15.1. The van der Waals surface area contributed by atoms with E-state index in [2.05, 4.69) is 5.32 Å².